The third kappa shape index (κ3) is 6.02. The molecule has 3 nitrogen and oxygen atoms in total. The van der Waals surface area contributed by atoms with E-state index in [0.717, 1.165) is 12.2 Å². The molecule has 0 aliphatic heterocycles. The Labute approximate surface area is 121 Å². The number of hydrogen-bond donors (Lipinski definition) is 1. The molecule has 0 saturated heterocycles. The van der Waals surface area contributed by atoms with Gasteiger partial charge in [-0.2, -0.15) is 0 Å². The van der Waals surface area contributed by atoms with Gasteiger partial charge in [0.05, 0.1) is 10.7 Å². The molecule has 1 rings (SSSR count). The quantitative estimate of drug-likeness (QED) is 0.909. The molecule has 17 heavy (non-hydrogen) atoms. The van der Waals surface area contributed by atoms with E-state index in [1.165, 1.54) is 5.01 Å². The first kappa shape index (κ1) is 19.5. The molecular weight excluding hydrogens is 277 g/mol. The minimum atomic E-state index is 0. The summed E-state index contributed by atoms with van der Waals surface area (Å²) in [4.78, 5) is 6.84. The number of nitrogens with two attached hydrogens (primary N) is 1. The second-order valence-corrected chi connectivity index (χ2v) is 5.22. The highest BCUT2D eigenvalue weighted by Crippen LogP contribution is 2.19. The number of aromatic nitrogens is 1. The van der Waals surface area contributed by atoms with Crippen LogP contribution in [0.3, 0.4) is 0 Å². The minimum Gasteiger partial charge on any atom is -0.329 e. The van der Waals surface area contributed by atoms with E-state index in [2.05, 4.69) is 43.1 Å². The zero-order chi connectivity index (χ0) is 11.4. The van der Waals surface area contributed by atoms with Crippen LogP contribution < -0.4 is 5.73 Å². The van der Waals surface area contributed by atoms with E-state index < -0.39 is 0 Å². The van der Waals surface area contributed by atoms with Crippen LogP contribution in [0, 0.1) is 0 Å². The van der Waals surface area contributed by atoms with Crippen LogP contribution in [-0.4, -0.2) is 29.5 Å². The molecule has 0 radical (unpaired) electrons. The first-order valence-electron chi connectivity index (χ1n) is 5.39. The van der Waals surface area contributed by atoms with Crippen LogP contribution in [0.4, 0.5) is 0 Å². The first-order chi connectivity index (χ1) is 7.04. The second-order valence-electron chi connectivity index (χ2n) is 4.33. The van der Waals surface area contributed by atoms with E-state index >= 15 is 0 Å². The highest BCUT2D eigenvalue weighted by atomic mass is 35.5. The molecule has 1 heterocycles. The lowest BCUT2D eigenvalue weighted by Crippen LogP contribution is -2.34. The van der Waals surface area contributed by atoms with Gasteiger partial charge in [-0.3, -0.25) is 4.90 Å². The van der Waals surface area contributed by atoms with Gasteiger partial charge in [0.15, 0.2) is 0 Å². The third-order valence-corrected chi connectivity index (χ3v) is 3.76. The van der Waals surface area contributed by atoms with Crippen molar-refractivity contribution < 1.29 is 0 Å². The standard InChI is InChI=1S/C11H21N3S.2ClH/c1-8(2)11-13-10(7-15-11)6-14(4)9(3)5-12;;/h7-9H,5-6,12H2,1-4H3;2*1H. The Kier molecular flexibility index (Phi) is 10.4. The molecule has 1 aromatic heterocycles. The number of thiazole rings is 1. The highest BCUT2D eigenvalue weighted by molar-refractivity contribution is 7.09. The lowest BCUT2D eigenvalue weighted by Gasteiger charge is -2.21. The molecule has 0 aliphatic rings. The van der Waals surface area contributed by atoms with Gasteiger partial charge in [-0.25, -0.2) is 4.98 Å². The maximum Gasteiger partial charge on any atom is 0.0954 e. The molecule has 0 aliphatic carbocycles. The smallest absolute Gasteiger partial charge is 0.0954 e. The van der Waals surface area contributed by atoms with Gasteiger partial charge in [0, 0.05) is 30.4 Å². The summed E-state index contributed by atoms with van der Waals surface area (Å²) in [5.74, 6) is 0.529. The summed E-state index contributed by atoms with van der Waals surface area (Å²) >= 11 is 1.75. The van der Waals surface area contributed by atoms with Gasteiger partial charge in [0.25, 0.3) is 0 Å². The average molecular weight is 300 g/mol. The molecule has 0 bridgehead atoms. The molecule has 1 atom stereocenters. The molecular formula is C11H23Cl2N3S. The first-order valence-corrected chi connectivity index (χ1v) is 6.27. The van der Waals surface area contributed by atoms with E-state index in [1.807, 2.05) is 0 Å². The van der Waals surface area contributed by atoms with Crippen molar-refractivity contribution in [2.75, 3.05) is 13.6 Å². The molecule has 6 heteroatoms. The Morgan fingerprint density at radius 3 is 2.35 bits per heavy atom. The topological polar surface area (TPSA) is 42.2 Å². The fourth-order valence-corrected chi connectivity index (χ4v) is 2.08. The largest absolute Gasteiger partial charge is 0.329 e. The van der Waals surface area contributed by atoms with Gasteiger partial charge in [-0.15, -0.1) is 36.2 Å². The van der Waals surface area contributed by atoms with Crippen molar-refractivity contribution in [1.29, 1.82) is 0 Å². The van der Waals surface area contributed by atoms with Crippen molar-refractivity contribution in [3.05, 3.63) is 16.1 Å². The summed E-state index contributed by atoms with van der Waals surface area (Å²) in [5.41, 5.74) is 6.78. The number of nitrogens with zero attached hydrogens (tertiary/aromatic N) is 2. The van der Waals surface area contributed by atoms with Gasteiger partial charge >= 0.3 is 0 Å². The summed E-state index contributed by atoms with van der Waals surface area (Å²) in [7, 11) is 2.09. The normalized spacial score (nSPS) is 12.2. The van der Waals surface area contributed by atoms with Gasteiger partial charge in [-0.05, 0) is 14.0 Å². The maximum absolute atomic E-state index is 5.62. The van der Waals surface area contributed by atoms with Crippen LogP contribution in [0.2, 0.25) is 0 Å². The van der Waals surface area contributed by atoms with Gasteiger partial charge < -0.3 is 5.73 Å². The number of likely N-dealkylation sites (N-methyl/N-ethyl adjacent to an activating group) is 1. The zero-order valence-electron chi connectivity index (χ0n) is 10.8. The Hall–Kier alpha value is 0.130. The summed E-state index contributed by atoms with van der Waals surface area (Å²) in [6.45, 7) is 8.07. The summed E-state index contributed by atoms with van der Waals surface area (Å²) in [5, 5.41) is 3.37. The number of hydrogen-bond acceptors (Lipinski definition) is 4. The van der Waals surface area contributed by atoms with Crippen molar-refractivity contribution in [3.8, 4) is 0 Å². The van der Waals surface area contributed by atoms with E-state index in [1.54, 1.807) is 11.3 Å². The Morgan fingerprint density at radius 2 is 1.94 bits per heavy atom. The van der Waals surface area contributed by atoms with Crippen molar-refractivity contribution in [1.82, 2.24) is 9.88 Å². The van der Waals surface area contributed by atoms with E-state index in [0.29, 0.717) is 18.5 Å². The molecule has 0 saturated carbocycles. The molecule has 0 amide bonds. The van der Waals surface area contributed by atoms with Gasteiger partial charge in [-0.1, -0.05) is 13.8 Å². The van der Waals surface area contributed by atoms with Crippen LogP contribution in [0.1, 0.15) is 37.4 Å². The fraction of sp³-hybridized carbons (Fsp3) is 0.727. The lowest BCUT2D eigenvalue weighted by molar-refractivity contribution is 0.252. The Morgan fingerprint density at radius 1 is 1.35 bits per heavy atom. The summed E-state index contributed by atoms with van der Waals surface area (Å²) < 4.78 is 0. The van der Waals surface area contributed by atoms with Crippen LogP contribution in [0.15, 0.2) is 5.38 Å². The van der Waals surface area contributed by atoms with Crippen molar-refractivity contribution in [2.24, 2.45) is 5.73 Å². The van der Waals surface area contributed by atoms with Crippen LogP contribution >= 0.6 is 36.2 Å². The van der Waals surface area contributed by atoms with Crippen LogP contribution in [0.5, 0.6) is 0 Å². The Bertz CT molecular complexity index is 305. The van der Waals surface area contributed by atoms with Gasteiger partial charge in [0.1, 0.15) is 0 Å². The van der Waals surface area contributed by atoms with E-state index in [4.69, 9.17) is 5.73 Å². The maximum atomic E-state index is 5.62. The fourth-order valence-electron chi connectivity index (χ4n) is 1.25. The van der Waals surface area contributed by atoms with Crippen molar-refractivity contribution in [2.45, 2.75) is 39.3 Å². The molecule has 102 valence electrons. The van der Waals surface area contributed by atoms with Crippen molar-refractivity contribution in [3.63, 3.8) is 0 Å². The second kappa shape index (κ2) is 9.11. The van der Waals surface area contributed by atoms with Crippen LogP contribution in [-0.2, 0) is 6.54 Å². The highest BCUT2D eigenvalue weighted by Gasteiger charge is 2.11. The molecule has 2 N–H and O–H groups in total. The minimum absolute atomic E-state index is 0. The van der Waals surface area contributed by atoms with E-state index in [9.17, 15) is 0 Å². The lowest BCUT2D eigenvalue weighted by atomic mass is 10.2. The monoisotopic (exact) mass is 299 g/mol. The van der Waals surface area contributed by atoms with Crippen molar-refractivity contribution >= 4 is 36.2 Å². The van der Waals surface area contributed by atoms with Crippen LogP contribution in [0.25, 0.3) is 0 Å². The predicted molar refractivity (Wildman–Crippen MR) is 80.7 cm³/mol. The third-order valence-electron chi connectivity index (χ3n) is 2.57. The predicted octanol–water partition coefficient (Wildman–Crippen LogP) is 2.89. The van der Waals surface area contributed by atoms with Gasteiger partial charge in [0.2, 0.25) is 0 Å². The number of rotatable bonds is 5. The van der Waals surface area contributed by atoms with E-state index in [-0.39, 0.29) is 24.8 Å². The molecule has 1 unspecified atom stereocenters. The molecule has 0 spiro atoms. The Balaban J connectivity index is 0. The SMILES string of the molecule is CC(C)c1nc(CN(C)C(C)CN)cs1.Cl.Cl. The summed E-state index contributed by atoms with van der Waals surface area (Å²) in [6, 6.07) is 0.411. The summed E-state index contributed by atoms with van der Waals surface area (Å²) in [6.07, 6.45) is 0. The molecule has 0 aromatic carbocycles. The number of halogens is 2. The average Bonchev–Trinajstić information content (AvgIpc) is 2.65. The molecule has 1 aromatic rings. The zero-order valence-corrected chi connectivity index (χ0v) is 13.3. The molecule has 0 fully saturated rings.